The molecule has 72 valence electrons. The Morgan fingerprint density at radius 3 is 2.58 bits per heavy atom. The third-order valence-electron chi connectivity index (χ3n) is 2.39. The Balaban J connectivity index is 2.32. The summed E-state index contributed by atoms with van der Waals surface area (Å²) in [5, 5.41) is 3.53. The maximum Gasteiger partial charge on any atom is 0.00867 e. The van der Waals surface area contributed by atoms with Crippen LogP contribution in [0.1, 0.15) is 40.0 Å². The van der Waals surface area contributed by atoms with E-state index in [4.69, 9.17) is 5.73 Å². The van der Waals surface area contributed by atoms with Crippen molar-refractivity contribution in [1.82, 2.24) is 5.32 Å². The topological polar surface area (TPSA) is 38.0 Å². The second-order valence-electron chi connectivity index (χ2n) is 5.20. The van der Waals surface area contributed by atoms with E-state index in [-0.39, 0.29) is 0 Å². The summed E-state index contributed by atoms with van der Waals surface area (Å²) in [6, 6.07) is 1.08. The third-order valence-corrected chi connectivity index (χ3v) is 2.39. The van der Waals surface area contributed by atoms with Gasteiger partial charge in [0.05, 0.1) is 0 Å². The van der Waals surface area contributed by atoms with Gasteiger partial charge in [-0.3, -0.25) is 0 Å². The molecule has 2 nitrogen and oxygen atoms in total. The second kappa shape index (κ2) is 3.75. The van der Waals surface area contributed by atoms with Gasteiger partial charge < -0.3 is 11.1 Å². The summed E-state index contributed by atoms with van der Waals surface area (Å²) in [4.78, 5) is 0. The summed E-state index contributed by atoms with van der Waals surface area (Å²) >= 11 is 0. The molecule has 12 heavy (non-hydrogen) atoms. The predicted octanol–water partition coefficient (Wildman–Crippen LogP) is 1.50. The zero-order valence-corrected chi connectivity index (χ0v) is 8.56. The molecule has 0 bridgehead atoms. The van der Waals surface area contributed by atoms with E-state index in [9.17, 15) is 0 Å². The monoisotopic (exact) mass is 170 g/mol. The quantitative estimate of drug-likeness (QED) is 0.626. The summed E-state index contributed by atoms with van der Waals surface area (Å²) in [5.41, 5.74) is 6.33. The Morgan fingerprint density at radius 1 is 1.42 bits per heavy atom. The molecule has 0 aromatic rings. The molecule has 1 heterocycles. The molecule has 0 spiro atoms. The fourth-order valence-corrected chi connectivity index (χ4v) is 1.93. The van der Waals surface area contributed by atoms with Crippen molar-refractivity contribution in [3.8, 4) is 0 Å². The average Bonchev–Trinajstić information content (AvgIpc) is 1.82. The van der Waals surface area contributed by atoms with Crippen LogP contribution in [0.2, 0.25) is 0 Å². The fraction of sp³-hybridized carbons (Fsp3) is 1.00. The molecule has 1 aliphatic heterocycles. The maximum absolute atomic E-state index is 5.90. The van der Waals surface area contributed by atoms with Crippen molar-refractivity contribution in [2.24, 2.45) is 11.1 Å². The highest BCUT2D eigenvalue weighted by Gasteiger charge is 2.23. The van der Waals surface area contributed by atoms with Crippen molar-refractivity contribution in [3.63, 3.8) is 0 Å². The molecule has 1 fully saturated rings. The van der Waals surface area contributed by atoms with Gasteiger partial charge in [-0.1, -0.05) is 20.8 Å². The first-order chi connectivity index (χ1) is 5.47. The van der Waals surface area contributed by atoms with E-state index < -0.39 is 0 Å². The number of rotatable bonds is 1. The van der Waals surface area contributed by atoms with E-state index >= 15 is 0 Å². The first-order valence-corrected chi connectivity index (χ1v) is 4.96. The summed E-state index contributed by atoms with van der Waals surface area (Å²) < 4.78 is 0. The summed E-state index contributed by atoms with van der Waals surface area (Å²) in [7, 11) is 0. The van der Waals surface area contributed by atoms with Crippen LogP contribution >= 0.6 is 0 Å². The van der Waals surface area contributed by atoms with E-state index in [2.05, 4.69) is 26.1 Å². The lowest BCUT2D eigenvalue weighted by atomic mass is 9.84. The van der Waals surface area contributed by atoms with Crippen LogP contribution in [0.15, 0.2) is 0 Å². The van der Waals surface area contributed by atoms with Gasteiger partial charge in [-0.2, -0.15) is 0 Å². The van der Waals surface area contributed by atoms with Crippen molar-refractivity contribution in [1.29, 1.82) is 0 Å². The third kappa shape index (κ3) is 3.55. The van der Waals surface area contributed by atoms with Gasteiger partial charge in [0.2, 0.25) is 0 Å². The highest BCUT2D eigenvalue weighted by Crippen LogP contribution is 2.24. The summed E-state index contributed by atoms with van der Waals surface area (Å²) in [5.74, 6) is 0. The number of piperidine rings is 1. The molecule has 0 amide bonds. The predicted molar refractivity (Wildman–Crippen MR) is 53.1 cm³/mol. The Bertz CT molecular complexity index is 137. The fourth-order valence-electron chi connectivity index (χ4n) is 1.93. The molecular formula is C10H22N2. The van der Waals surface area contributed by atoms with Crippen LogP contribution in [0, 0.1) is 5.41 Å². The molecule has 0 aromatic carbocycles. The van der Waals surface area contributed by atoms with E-state index in [1.54, 1.807) is 0 Å². The van der Waals surface area contributed by atoms with Gasteiger partial charge in [0.15, 0.2) is 0 Å². The zero-order chi connectivity index (χ0) is 9.19. The van der Waals surface area contributed by atoms with Crippen molar-refractivity contribution in [2.45, 2.75) is 52.1 Å². The van der Waals surface area contributed by atoms with Crippen LogP contribution in [-0.4, -0.2) is 18.6 Å². The van der Waals surface area contributed by atoms with Crippen LogP contribution in [0.4, 0.5) is 0 Å². The number of nitrogens with one attached hydrogen (secondary N) is 1. The van der Waals surface area contributed by atoms with Crippen molar-refractivity contribution in [2.75, 3.05) is 6.54 Å². The highest BCUT2D eigenvalue weighted by atomic mass is 14.9. The molecule has 1 saturated heterocycles. The Morgan fingerprint density at radius 2 is 2.08 bits per heavy atom. The first kappa shape index (κ1) is 10.0. The Labute approximate surface area is 75.9 Å². The van der Waals surface area contributed by atoms with Crippen LogP contribution in [0.3, 0.4) is 0 Å². The molecule has 3 N–H and O–H groups in total. The van der Waals surface area contributed by atoms with E-state index in [0.29, 0.717) is 17.5 Å². The lowest BCUT2D eigenvalue weighted by molar-refractivity contribution is 0.260. The summed E-state index contributed by atoms with van der Waals surface area (Å²) in [6.45, 7) is 7.96. The van der Waals surface area contributed by atoms with Crippen LogP contribution in [0.5, 0.6) is 0 Å². The number of nitrogens with two attached hydrogens (primary N) is 1. The molecule has 2 atom stereocenters. The molecule has 2 heteroatoms. The zero-order valence-electron chi connectivity index (χ0n) is 8.56. The SMILES string of the molecule is CC(C)(C)C[C@@H]1C[C@H](N)CCN1. The van der Waals surface area contributed by atoms with Crippen LogP contribution < -0.4 is 11.1 Å². The molecule has 1 aliphatic rings. The van der Waals surface area contributed by atoms with Gasteiger partial charge >= 0.3 is 0 Å². The van der Waals surface area contributed by atoms with Crippen molar-refractivity contribution < 1.29 is 0 Å². The second-order valence-corrected chi connectivity index (χ2v) is 5.20. The smallest absolute Gasteiger partial charge is 0.00867 e. The van der Waals surface area contributed by atoms with Gasteiger partial charge in [-0.15, -0.1) is 0 Å². The maximum atomic E-state index is 5.90. The standard InChI is InChI=1S/C10H22N2/c1-10(2,3)7-9-6-8(11)4-5-12-9/h8-9,12H,4-7,11H2,1-3H3/t8-,9+/m1/s1. The molecule has 0 radical (unpaired) electrons. The largest absolute Gasteiger partial charge is 0.328 e. The van der Waals surface area contributed by atoms with E-state index in [1.165, 1.54) is 6.42 Å². The summed E-state index contributed by atoms with van der Waals surface area (Å²) in [6.07, 6.45) is 3.53. The Kier molecular flexibility index (Phi) is 3.13. The lowest BCUT2D eigenvalue weighted by Gasteiger charge is -2.32. The molecule has 0 aliphatic carbocycles. The number of hydrogen-bond donors (Lipinski definition) is 2. The average molecular weight is 170 g/mol. The minimum absolute atomic E-state index is 0.425. The van der Waals surface area contributed by atoms with E-state index in [0.717, 1.165) is 19.4 Å². The first-order valence-electron chi connectivity index (χ1n) is 4.96. The molecule has 0 aromatic heterocycles. The molecule has 0 unspecified atom stereocenters. The number of hydrogen-bond acceptors (Lipinski definition) is 2. The van der Waals surface area contributed by atoms with Crippen molar-refractivity contribution >= 4 is 0 Å². The highest BCUT2D eigenvalue weighted by molar-refractivity contribution is 4.83. The van der Waals surface area contributed by atoms with Gasteiger partial charge in [-0.05, 0) is 31.2 Å². The van der Waals surface area contributed by atoms with Gasteiger partial charge in [0.25, 0.3) is 0 Å². The van der Waals surface area contributed by atoms with Crippen molar-refractivity contribution in [3.05, 3.63) is 0 Å². The van der Waals surface area contributed by atoms with Gasteiger partial charge in [0, 0.05) is 12.1 Å². The minimum atomic E-state index is 0.425. The molecular weight excluding hydrogens is 148 g/mol. The van der Waals surface area contributed by atoms with Gasteiger partial charge in [0.1, 0.15) is 0 Å². The Hall–Kier alpha value is -0.0800. The normalized spacial score (nSPS) is 32.0. The van der Waals surface area contributed by atoms with Crippen LogP contribution in [-0.2, 0) is 0 Å². The van der Waals surface area contributed by atoms with Crippen LogP contribution in [0.25, 0.3) is 0 Å². The molecule has 0 saturated carbocycles. The van der Waals surface area contributed by atoms with E-state index in [1.807, 2.05) is 0 Å². The lowest BCUT2D eigenvalue weighted by Crippen LogP contribution is -2.45. The minimum Gasteiger partial charge on any atom is -0.328 e. The van der Waals surface area contributed by atoms with Gasteiger partial charge in [-0.25, -0.2) is 0 Å². The molecule has 1 rings (SSSR count).